The summed E-state index contributed by atoms with van der Waals surface area (Å²) in [5, 5.41) is 13.6. The molecule has 0 bridgehead atoms. The molecule has 8 heteroatoms. The molecule has 1 heterocycles. The number of nitrogens with one attached hydrogen (secondary N) is 1. The molecule has 1 aromatic heterocycles. The van der Waals surface area contributed by atoms with Crippen LogP contribution in [0.3, 0.4) is 0 Å². The van der Waals surface area contributed by atoms with Crippen LogP contribution in [-0.2, 0) is 4.74 Å². The fourth-order valence-corrected chi connectivity index (χ4v) is 1.80. The van der Waals surface area contributed by atoms with Crippen molar-refractivity contribution in [2.75, 3.05) is 5.32 Å². The van der Waals surface area contributed by atoms with E-state index in [2.05, 4.69) is 10.3 Å². The average Bonchev–Trinajstić information content (AvgIpc) is 2.48. The van der Waals surface area contributed by atoms with E-state index in [0.29, 0.717) is 5.82 Å². The molecule has 1 atom stereocenters. The van der Waals surface area contributed by atoms with E-state index in [0.717, 1.165) is 11.3 Å². The summed E-state index contributed by atoms with van der Waals surface area (Å²) in [5.41, 5.74) is 6.43. The number of nitrogens with two attached hydrogens (primary N) is 1. The highest BCUT2D eigenvalue weighted by Gasteiger charge is 2.09. The molecule has 0 aliphatic rings. The minimum absolute atomic E-state index is 0.0710. The summed E-state index contributed by atoms with van der Waals surface area (Å²) in [6.45, 7) is 1.71. The summed E-state index contributed by atoms with van der Waals surface area (Å²) in [7, 11) is 0. The van der Waals surface area contributed by atoms with Crippen LogP contribution in [0.15, 0.2) is 42.6 Å². The van der Waals surface area contributed by atoms with Crippen LogP contribution in [0.25, 0.3) is 0 Å². The summed E-state index contributed by atoms with van der Waals surface area (Å²) in [4.78, 5) is 24.7. The smallest absolute Gasteiger partial charge is 0.405 e. The van der Waals surface area contributed by atoms with Crippen molar-refractivity contribution in [1.29, 1.82) is 0 Å². The molecule has 0 saturated carbocycles. The van der Waals surface area contributed by atoms with E-state index in [1.807, 2.05) is 0 Å². The molecule has 0 saturated heterocycles. The molecule has 22 heavy (non-hydrogen) atoms. The van der Waals surface area contributed by atoms with Gasteiger partial charge in [0, 0.05) is 11.8 Å². The summed E-state index contributed by atoms with van der Waals surface area (Å²) in [5.74, 6) is 0.486. The highest BCUT2D eigenvalue weighted by molar-refractivity contribution is 5.65. The van der Waals surface area contributed by atoms with Crippen molar-refractivity contribution in [1.82, 2.24) is 4.98 Å². The Kier molecular flexibility index (Phi) is 4.52. The number of amides is 1. The van der Waals surface area contributed by atoms with E-state index in [1.54, 1.807) is 31.2 Å². The number of primary amides is 1. The Morgan fingerprint density at radius 3 is 2.50 bits per heavy atom. The van der Waals surface area contributed by atoms with E-state index >= 15 is 0 Å². The van der Waals surface area contributed by atoms with Crippen LogP contribution in [0.1, 0.15) is 18.6 Å². The second-order valence-electron chi connectivity index (χ2n) is 4.48. The Balaban J connectivity index is 2.04. The van der Waals surface area contributed by atoms with Crippen LogP contribution in [0.2, 0.25) is 0 Å². The van der Waals surface area contributed by atoms with Crippen LogP contribution < -0.4 is 11.1 Å². The molecule has 0 aliphatic heterocycles. The maximum Gasteiger partial charge on any atom is 0.405 e. The lowest BCUT2D eigenvalue weighted by Gasteiger charge is -2.12. The molecule has 1 aromatic carbocycles. The van der Waals surface area contributed by atoms with Crippen molar-refractivity contribution in [2.45, 2.75) is 13.0 Å². The van der Waals surface area contributed by atoms with E-state index in [4.69, 9.17) is 10.5 Å². The van der Waals surface area contributed by atoms with Gasteiger partial charge in [-0.05, 0) is 30.7 Å². The van der Waals surface area contributed by atoms with Crippen molar-refractivity contribution in [3.63, 3.8) is 0 Å². The van der Waals surface area contributed by atoms with Gasteiger partial charge < -0.3 is 15.8 Å². The zero-order chi connectivity index (χ0) is 16.1. The number of benzene rings is 1. The van der Waals surface area contributed by atoms with Gasteiger partial charge in [0.05, 0.1) is 4.92 Å². The van der Waals surface area contributed by atoms with Gasteiger partial charge in [0.25, 0.3) is 5.69 Å². The Bertz CT molecular complexity index is 670. The summed E-state index contributed by atoms with van der Waals surface area (Å²) >= 11 is 0. The van der Waals surface area contributed by atoms with Gasteiger partial charge in [0.2, 0.25) is 0 Å². The van der Waals surface area contributed by atoms with Gasteiger partial charge in [-0.25, -0.2) is 9.78 Å². The lowest BCUT2D eigenvalue weighted by Crippen LogP contribution is -2.15. The molecule has 114 valence electrons. The second kappa shape index (κ2) is 6.53. The molecule has 0 aliphatic carbocycles. The van der Waals surface area contributed by atoms with Crippen LogP contribution in [0.4, 0.5) is 22.0 Å². The third-order valence-corrected chi connectivity index (χ3v) is 2.90. The monoisotopic (exact) mass is 302 g/mol. The number of anilines is 2. The number of nitrogens with zero attached hydrogens (tertiary/aromatic N) is 2. The number of carbonyl (C=O) groups is 1. The number of hydrogen-bond donors (Lipinski definition) is 2. The predicted molar refractivity (Wildman–Crippen MR) is 79.7 cm³/mol. The highest BCUT2D eigenvalue weighted by atomic mass is 16.6. The zero-order valence-electron chi connectivity index (χ0n) is 11.7. The van der Waals surface area contributed by atoms with Gasteiger partial charge in [-0.15, -0.1) is 0 Å². The van der Waals surface area contributed by atoms with Crippen LogP contribution >= 0.6 is 0 Å². The summed E-state index contributed by atoms with van der Waals surface area (Å²) < 4.78 is 4.87. The third-order valence-electron chi connectivity index (χ3n) is 2.90. The van der Waals surface area contributed by atoms with Crippen LogP contribution in [0, 0.1) is 10.1 Å². The largest absolute Gasteiger partial charge is 0.442 e. The molecule has 8 nitrogen and oxygen atoms in total. The Morgan fingerprint density at radius 1 is 1.32 bits per heavy atom. The van der Waals surface area contributed by atoms with Gasteiger partial charge in [0.1, 0.15) is 18.1 Å². The standard InChI is InChI=1S/C14H14N4O4/c1-9(22-14(15)19)10-2-4-11(5-3-10)17-13-7-6-12(8-16-13)18(20)21/h2-9H,1H3,(H2,15,19)(H,16,17). The number of nitro groups is 1. The van der Waals surface area contributed by atoms with E-state index in [9.17, 15) is 14.9 Å². The Hall–Kier alpha value is -3.16. The van der Waals surface area contributed by atoms with Crippen LogP contribution in [0.5, 0.6) is 0 Å². The van der Waals surface area contributed by atoms with Gasteiger partial charge in [-0.3, -0.25) is 10.1 Å². The molecule has 0 radical (unpaired) electrons. The summed E-state index contributed by atoms with van der Waals surface area (Å²) in [6, 6.07) is 10.00. The fraction of sp³-hybridized carbons (Fsp3) is 0.143. The molecule has 0 spiro atoms. The molecule has 1 amide bonds. The SMILES string of the molecule is CC(OC(N)=O)c1ccc(Nc2ccc([N+](=O)[O-])cn2)cc1. The minimum Gasteiger partial charge on any atom is -0.442 e. The van der Waals surface area contributed by atoms with Gasteiger partial charge >= 0.3 is 6.09 Å². The van der Waals surface area contributed by atoms with Crippen molar-refractivity contribution >= 4 is 23.3 Å². The van der Waals surface area contributed by atoms with E-state index < -0.39 is 17.1 Å². The van der Waals surface area contributed by atoms with E-state index in [-0.39, 0.29) is 5.69 Å². The molecular formula is C14H14N4O4. The van der Waals surface area contributed by atoms with Crippen molar-refractivity contribution < 1.29 is 14.5 Å². The average molecular weight is 302 g/mol. The fourth-order valence-electron chi connectivity index (χ4n) is 1.80. The van der Waals surface area contributed by atoms with Gasteiger partial charge in [-0.2, -0.15) is 0 Å². The number of ether oxygens (including phenoxy) is 1. The predicted octanol–water partition coefficient (Wildman–Crippen LogP) is 2.89. The Morgan fingerprint density at radius 2 is 2.00 bits per heavy atom. The topological polar surface area (TPSA) is 120 Å². The molecule has 1 unspecified atom stereocenters. The lowest BCUT2D eigenvalue weighted by molar-refractivity contribution is -0.385. The number of pyridine rings is 1. The zero-order valence-corrected chi connectivity index (χ0v) is 11.7. The first-order valence-corrected chi connectivity index (χ1v) is 6.39. The maximum atomic E-state index is 10.7. The first kappa shape index (κ1) is 15.2. The van der Waals surface area contributed by atoms with Crippen molar-refractivity contribution in [2.24, 2.45) is 5.73 Å². The summed E-state index contributed by atoms with van der Waals surface area (Å²) in [6.07, 6.45) is -0.0896. The minimum atomic E-state index is -0.829. The molecule has 0 fully saturated rings. The molecule has 3 N–H and O–H groups in total. The second-order valence-corrected chi connectivity index (χ2v) is 4.48. The number of carbonyl (C=O) groups excluding carboxylic acids is 1. The number of aromatic nitrogens is 1. The van der Waals surface area contributed by atoms with E-state index in [1.165, 1.54) is 18.3 Å². The van der Waals surface area contributed by atoms with Gasteiger partial charge in [0.15, 0.2) is 0 Å². The van der Waals surface area contributed by atoms with Crippen LogP contribution in [-0.4, -0.2) is 16.0 Å². The molecule has 2 aromatic rings. The highest BCUT2D eigenvalue weighted by Crippen LogP contribution is 2.21. The number of hydrogen-bond acceptors (Lipinski definition) is 6. The van der Waals surface area contributed by atoms with Crippen molar-refractivity contribution in [3.05, 3.63) is 58.3 Å². The molecular weight excluding hydrogens is 288 g/mol. The number of rotatable bonds is 5. The first-order valence-electron chi connectivity index (χ1n) is 6.39. The molecule has 2 rings (SSSR count). The quantitative estimate of drug-likeness (QED) is 0.647. The maximum absolute atomic E-state index is 10.7. The third kappa shape index (κ3) is 3.92. The normalized spacial score (nSPS) is 11.5. The first-order chi connectivity index (χ1) is 10.5. The lowest BCUT2D eigenvalue weighted by atomic mass is 10.1. The van der Waals surface area contributed by atoms with Crippen molar-refractivity contribution in [3.8, 4) is 0 Å². The van der Waals surface area contributed by atoms with Gasteiger partial charge in [-0.1, -0.05) is 12.1 Å². The Labute approximate surface area is 126 Å².